The summed E-state index contributed by atoms with van der Waals surface area (Å²) in [6.45, 7) is 1.77. The van der Waals surface area contributed by atoms with Crippen molar-refractivity contribution < 1.29 is 4.79 Å². The Hall–Kier alpha value is -2.44. The predicted molar refractivity (Wildman–Crippen MR) is 117 cm³/mol. The molecule has 0 aliphatic carbocycles. The fraction of sp³-hybridized carbons (Fsp3) is 0.318. The van der Waals surface area contributed by atoms with Crippen LogP contribution >= 0.6 is 23.8 Å². The summed E-state index contributed by atoms with van der Waals surface area (Å²) >= 11 is 11.3. The van der Waals surface area contributed by atoms with Crippen molar-refractivity contribution in [2.75, 3.05) is 13.1 Å². The molecule has 1 fully saturated rings. The molecule has 3 aromatic rings. The highest BCUT2D eigenvalue weighted by Crippen LogP contribution is 2.23. The van der Waals surface area contributed by atoms with Crippen molar-refractivity contribution in [2.24, 2.45) is 5.92 Å². The molecule has 5 nitrogen and oxygen atoms in total. The number of hydrogen-bond donors (Lipinski definition) is 1. The largest absolute Gasteiger partial charge is 0.341 e. The Morgan fingerprint density at radius 2 is 1.79 bits per heavy atom. The number of H-pyrrole nitrogens is 1. The van der Waals surface area contributed by atoms with Crippen LogP contribution in [0.2, 0.25) is 5.02 Å². The van der Waals surface area contributed by atoms with E-state index in [1.807, 2.05) is 23.1 Å². The zero-order valence-corrected chi connectivity index (χ0v) is 17.6. The summed E-state index contributed by atoms with van der Waals surface area (Å²) in [7, 11) is 0. The van der Waals surface area contributed by atoms with Gasteiger partial charge in [-0.1, -0.05) is 41.9 Å². The Balaban J connectivity index is 1.39. The SMILES string of the molecule is O=C(Cn1c(-c2ccc(Cl)cc2)n[nH]c1=S)N1CCC(Cc2ccccc2)CC1. The molecular formula is C22H23ClN4OS. The van der Waals surface area contributed by atoms with Gasteiger partial charge in [-0.15, -0.1) is 0 Å². The van der Waals surface area contributed by atoms with Gasteiger partial charge in [0.1, 0.15) is 6.54 Å². The standard InChI is InChI=1S/C22H23ClN4OS/c23-19-8-6-18(7-9-19)21-24-25-22(29)27(21)15-20(28)26-12-10-17(11-13-26)14-16-4-2-1-3-5-16/h1-9,17H,10-15H2,(H,25,29). The maximum Gasteiger partial charge on any atom is 0.242 e. The van der Waals surface area contributed by atoms with E-state index in [1.165, 1.54) is 5.56 Å². The average Bonchev–Trinajstić information content (AvgIpc) is 3.10. The molecule has 0 saturated carbocycles. The van der Waals surface area contributed by atoms with Crippen molar-refractivity contribution in [1.82, 2.24) is 19.7 Å². The van der Waals surface area contributed by atoms with Gasteiger partial charge in [-0.05, 0) is 67.2 Å². The second-order valence-corrected chi connectivity index (χ2v) is 8.28. The van der Waals surface area contributed by atoms with Crippen molar-refractivity contribution in [3.8, 4) is 11.4 Å². The topological polar surface area (TPSA) is 53.9 Å². The van der Waals surface area contributed by atoms with Crippen molar-refractivity contribution in [2.45, 2.75) is 25.8 Å². The zero-order valence-electron chi connectivity index (χ0n) is 16.1. The van der Waals surface area contributed by atoms with Gasteiger partial charge in [-0.2, -0.15) is 5.10 Å². The number of amides is 1. The molecule has 0 atom stereocenters. The van der Waals surface area contributed by atoms with E-state index in [9.17, 15) is 4.79 Å². The van der Waals surface area contributed by atoms with Crippen LogP contribution in [0.15, 0.2) is 54.6 Å². The smallest absolute Gasteiger partial charge is 0.242 e. The first kappa shape index (κ1) is 19.9. The quantitative estimate of drug-likeness (QED) is 0.599. The minimum Gasteiger partial charge on any atom is -0.341 e. The van der Waals surface area contributed by atoms with E-state index in [2.05, 4.69) is 34.5 Å². The highest BCUT2D eigenvalue weighted by molar-refractivity contribution is 7.71. The highest BCUT2D eigenvalue weighted by Gasteiger charge is 2.24. The molecule has 150 valence electrons. The van der Waals surface area contributed by atoms with Crippen LogP contribution in [0.25, 0.3) is 11.4 Å². The zero-order chi connectivity index (χ0) is 20.2. The fourth-order valence-corrected chi connectivity index (χ4v) is 4.18. The van der Waals surface area contributed by atoms with Gasteiger partial charge < -0.3 is 4.90 Å². The summed E-state index contributed by atoms with van der Waals surface area (Å²) in [5.41, 5.74) is 2.24. The minimum absolute atomic E-state index is 0.0795. The highest BCUT2D eigenvalue weighted by atomic mass is 35.5. The number of aromatic amines is 1. The number of aromatic nitrogens is 3. The number of carbonyl (C=O) groups excluding carboxylic acids is 1. The van der Waals surface area contributed by atoms with E-state index >= 15 is 0 Å². The molecule has 1 aliphatic rings. The Morgan fingerprint density at radius 3 is 2.48 bits per heavy atom. The molecule has 2 heterocycles. The lowest BCUT2D eigenvalue weighted by Crippen LogP contribution is -2.40. The molecule has 1 saturated heterocycles. The summed E-state index contributed by atoms with van der Waals surface area (Å²) in [6.07, 6.45) is 3.14. The molecule has 0 spiro atoms. The van der Waals surface area contributed by atoms with E-state index in [1.54, 1.807) is 16.7 Å². The van der Waals surface area contributed by atoms with Gasteiger partial charge in [0, 0.05) is 23.7 Å². The van der Waals surface area contributed by atoms with Crippen LogP contribution in [0.5, 0.6) is 0 Å². The lowest BCUT2D eigenvalue weighted by Gasteiger charge is -2.32. The number of hydrogen-bond acceptors (Lipinski definition) is 3. The Kier molecular flexibility index (Phi) is 6.11. The molecule has 7 heteroatoms. The van der Waals surface area contributed by atoms with Gasteiger partial charge in [-0.3, -0.25) is 14.5 Å². The van der Waals surface area contributed by atoms with Gasteiger partial charge in [-0.25, -0.2) is 0 Å². The summed E-state index contributed by atoms with van der Waals surface area (Å²) in [4.78, 5) is 14.9. The van der Waals surface area contributed by atoms with Gasteiger partial charge in [0.05, 0.1) is 0 Å². The first-order valence-electron chi connectivity index (χ1n) is 9.83. The lowest BCUT2D eigenvalue weighted by atomic mass is 9.90. The first-order chi connectivity index (χ1) is 14.1. The number of nitrogens with one attached hydrogen (secondary N) is 1. The molecule has 0 unspecified atom stereocenters. The van der Waals surface area contributed by atoms with E-state index in [0.29, 0.717) is 21.5 Å². The number of nitrogens with zero attached hydrogens (tertiary/aromatic N) is 3. The fourth-order valence-electron chi connectivity index (χ4n) is 3.85. The number of halogens is 1. The van der Waals surface area contributed by atoms with Crippen molar-refractivity contribution in [3.05, 3.63) is 70.0 Å². The van der Waals surface area contributed by atoms with Crippen molar-refractivity contribution in [1.29, 1.82) is 0 Å². The normalized spacial score (nSPS) is 14.9. The molecule has 0 bridgehead atoms. The van der Waals surface area contributed by atoms with Gasteiger partial charge in [0.15, 0.2) is 10.6 Å². The van der Waals surface area contributed by atoms with Gasteiger partial charge >= 0.3 is 0 Å². The predicted octanol–water partition coefficient (Wildman–Crippen LogP) is 4.74. The molecule has 1 aliphatic heterocycles. The second kappa shape index (κ2) is 8.93. The number of carbonyl (C=O) groups is 1. The van der Waals surface area contributed by atoms with E-state index in [0.717, 1.165) is 37.9 Å². The van der Waals surface area contributed by atoms with Gasteiger partial charge in [0.25, 0.3) is 0 Å². The van der Waals surface area contributed by atoms with Crippen LogP contribution in [0.1, 0.15) is 18.4 Å². The summed E-state index contributed by atoms with van der Waals surface area (Å²) in [5.74, 6) is 1.36. The maximum absolute atomic E-state index is 12.9. The van der Waals surface area contributed by atoms with E-state index < -0.39 is 0 Å². The van der Waals surface area contributed by atoms with E-state index in [4.69, 9.17) is 23.8 Å². The third kappa shape index (κ3) is 4.77. The maximum atomic E-state index is 12.9. The summed E-state index contributed by atoms with van der Waals surface area (Å²) in [5, 5.41) is 7.77. The summed E-state index contributed by atoms with van der Waals surface area (Å²) in [6, 6.07) is 17.9. The molecule has 29 heavy (non-hydrogen) atoms. The van der Waals surface area contributed by atoms with Crippen LogP contribution in [-0.2, 0) is 17.8 Å². The van der Waals surface area contributed by atoms with Crippen LogP contribution < -0.4 is 0 Å². The van der Waals surface area contributed by atoms with E-state index in [-0.39, 0.29) is 12.5 Å². The summed E-state index contributed by atoms with van der Waals surface area (Å²) < 4.78 is 2.21. The second-order valence-electron chi connectivity index (χ2n) is 7.46. The Morgan fingerprint density at radius 1 is 1.10 bits per heavy atom. The number of rotatable bonds is 5. The monoisotopic (exact) mass is 426 g/mol. The molecule has 1 N–H and O–H groups in total. The van der Waals surface area contributed by atoms with Crippen LogP contribution in [0.3, 0.4) is 0 Å². The minimum atomic E-state index is 0.0795. The van der Waals surface area contributed by atoms with Crippen LogP contribution in [0.4, 0.5) is 0 Å². The number of likely N-dealkylation sites (tertiary alicyclic amines) is 1. The first-order valence-corrected chi connectivity index (χ1v) is 10.6. The van der Waals surface area contributed by atoms with Crippen molar-refractivity contribution >= 4 is 29.7 Å². The number of piperidine rings is 1. The molecule has 1 aromatic heterocycles. The Bertz CT molecular complexity index is 1020. The molecule has 0 radical (unpaired) electrons. The molecular weight excluding hydrogens is 404 g/mol. The molecule has 1 amide bonds. The Labute approximate surface area is 180 Å². The molecule has 2 aromatic carbocycles. The van der Waals surface area contributed by atoms with Crippen LogP contribution in [-0.4, -0.2) is 38.7 Å². The van der Waals surface area contributed by atoms with Crippen molar-refractivity contribution in [3.63, 3.8) is 0 Å². The average molecular weight is 427 g/mol. The van der Waals surface area contributed by atoms with Gasteiger partial charge in [0.2, 0.25) is 5.91 Å². The third-order valence-electron chi connectivity index (χ3n) is 5.49. The lowest BCUT2D eigenvalue weighted by molar-refractivity contribution is -0.133. The van der Waals surface area contributed by atoms with Crippen LogP contribution in [0, 0.1) is 10.7 Å². The molecule has 4 rings (SSSR count). The third-order valence-corrected chi connectivity index (χ3v) is 6.05. The number of benzene rings is 2.